The summed E-state index contributed by atoms with van der Waals surface area (Å²) in [5.74, 6) is -0.353. The molecule has 1 aromatic rings. The molecule has 0 radical (unpaired) electrons. The Kier molecular flexibility index (Phi) is 2.98. The second kappa shape index (κ2) is 4.24. The molecular weight excluding hydrogens is 195 g/mol. The topological polar surface area (TPSA) is 48.1 Å². The van der Waals surface area contributed by atoms with E-state index in [2.05, 4.69) is 4.98 Å². The molecule has 3 nitrogen and oxygen atoms in total. The Balaban J connectivity index is 2.10. The zero-order valence-electron chi connectivity index (χ0n) is 8.69. The largest absolute Gasteiger partial charge is 0.373 e. The van der Waals surface area contributed by atoms with Crippen LogP contribution in [0.3, 0.4) is 0 Å². The number of nitrogens with zero attached hydrogens (tertiary/aromatic N) is 1. The van der Waals surface area contributed by atoms with Crippen LogP contribution in [0.5, 0.6) is 0 Å². The van der Waals surface area contributed by atoms with Gasteiger partial charge in [0, 0.05) is 6.20 Å². The van der Waals surface area contributed by atoms with Gasteiger partial charge in [-0.25, -0.2) is 4.39 Å². The number of pyridine rings is 1. The van der Waals surface area contributed by atoms with Gasteiger partial charge in [0.1, 0.15) is 5.82 Å². The average molecular weight is 210 g/mol. The van der Waals surface area contributed by atoms with E-state index in [9.17, 15) is 4.39 Å². The van der Waals surface area contributed by atoms with Crippen molar-refractivity contribution in [2.45, 2.75) is 38.0 Å². The molecule has 0 aliphatic carbocycles. The van der Waals surface area contributed by atoms with Gasteiger partial charge in [0.05, 0.1) is 24.4 Å². The maximum absolute atomic E-state index is 12.9. The zero-order valence-corrected chi connectivity index (χ0v) is 8.69. The molecule has 4 heteroatoms. The lowest BCUT2D eigenvalue weighted by Crippen LogP contribution is -2.26. The molecule has 1 aromatic heterocycles. The Labute approximate surface area is 88.5 Å². The number of rotatable bonds is 2. The quantitative estimate of drug-likeness (QED) is 0.809. The Hall–Kier alpha value is -1.00. The van der Waals surface area contributed by atoms with Gasteiger partial charge in [-0.05, 0) is 31.4 Å². The molecular formula is C11H15FN2O. The van der Waals surface area contributed by atoms with Gasteiger partial charge in [-0.3, -0.25) is 4.98 Å². The van der Waals surface area contributed by atoms with Gasteiger partial charge in [-0.1, -0.05) is 0 Å². The lowest BCUT2D eigenvalue weighted by Gasteiger charge is -2.19. The summed E-state index contributed by atoms with van der Waals surface area (Å²) in [6.45, 7) is 2.02. The van der Waals surface area contributed by atoms with E-state index in [1.165, 1.54) is 12.3 Å². The van der Waals surface area contributed by atoms with Crippen molar-refractivity contribution < 1.29 is 9.13 Å². The van der Waals surface area contributed by atoms with Crippen molar-refractivity contribution in [3.63, 3.8) is 0 Å². The fourth-order valence-corrected chi connectivity index (χ4v) is 1.92. The van der Waals surface area contributed by atoms with Crippen LogP contribution in [-0.2, 0) is 4.74 Å². The molecule has 3 atom stereocenters. The molecule has 0 aromatic carbocycles. The van der Waals surface area contributed by atoms with Crippen molar-refractivity contribution in [2.75, 3.05) is 0 Å². The van der Waals surface area contributed by atoms with Gasteiger partial charge < -0.3 is 10.5 Å². The third-order valence-electron chi connectivity index (χ3n) is 2.78. The van der Waals surface area contributed by atoms with Crippen LogP contribution in [0.4, 0.5) is 4.39 Å². The Morgan fingerprint density at radius 2 is 2.33 bits per heavy atom. The zero-order chi connectivity index (χ0) is 10.8. The van der Waals surface area contributed by atoms with Gasteiger partial charge in [-0.15, -0.1) is 0 Å². The van der Waals surface area contributed by atoms with Crippen molar-refractivity contribution in [3.05, 3.63) is 29.8 Å². The highest BCUT2D eigenvalue weighted by Crippen LogP contribution is 2.28. The first-order valence-electron chi connectivity index (χ1n) is 5.18. The number of ether oxygens (including phenoxy) is 1. The molecule has 0 spiro atoms. The molecule has 2 N–H and O–H groups in total. The standard InChI is InChI=1S/C11H15FN2O/c1-7-2-3-10(15-7)11(13)8-4-9(12)6-14-5-8/h4-7,10-11H,2-3,13H2,1H3. The van der Waals surface area contributed by atoms with Crippen LogP contribution in [0, 0.1) is 5.82 Å². The summed E-state index contributed by atoms with van der Waals surface area (Å²) in [7, 11) is 0. The van der Waals surface area contributed by atoms with E-state index in [1.807, 2.05) is 6.92 Å². The minimum Gasteiger partial charge on any atom is -0.373 e. The fourth-order valence-electron chi connectivity index (χ4n) is 1.92. The van der Waals surface area contributed by atoms with Crippen LogP contribution < -0.4 is 5.73 Å². The highest BCUT2D eigenvalue weighted by atomic mass is 19.1. The third-order valence-corrected chi connectivity index (χ3v) is 2.78. The summed E-state index contributed by atoms with van der Waals surface area (Å²) >= 11 is 0. The van der Waals surface area contributed by atoms with Crippen LogP contribution in [0.15, 0.2) is 18.5 Å². The first kappa shape index (κ1) is 10.5. The number of hydrogen-bond donors (Lipinski definition) is 1. The smallest absolute Gasteiger partial charge is 0.141 e. The molecule has 3 unspecified atom stereocenters. The van der Waals surface area contributed by atoms with E-state index in [-0.39, 0.29) is 24.1 Å². The molecule has 2 rings (SSSR count). The first-order valence-corrected chi connectivity index (χ1v) is 5.18. The van der Waals surface area contributed by atoms with E-state index in [0.29, 0.717) is 5.56 Å². The van der Waals surface area contributed by atoms with Crippen LogP contribution in [0.2, 0.25) is 0 Å². The molecule has 15 heavy (non-hydrogen) atoms. The van der Waals surface area contributed by atoms with E-state index in [4.69, 9.17) is 10.5 Å². The van der Waals surface area contributed by atoms with Crippen LogP contribution >= 0.6 is 0 Å². The second-order valence-corrected chi connectivity index (χ2v) is 4.02. The van der Waals surface area contributed by atoms with Crippen LogP contribution in [-0.4, -0.2) is 17.2 Å². The van der Waals surface area contributed by atoms with Crippen molar-refractivity contribution in [1.82, 2.24) is 4.98 Å². The molecule has 1 saturated heterocycles. The van der Waals surface area contributed by atoms with Crippen LogP contribution in [0.25, 0.3) is 0 Å². The predicted molar refractivity (Wildman–Crippen MR) is 54.7 cm³/mol. The number of hydrogen-bond acceptors (Lipinski definition) is 3. The van der Waals surface area contributed by atoms with Crippen molar-refractivity contribution in [2.24, 2.45) is 5.73 Å². The summed E-state index contributed by atoms with van der Waals surface area (Å²) in [5, 5.41) is 0. The normalized spacial score (nSPS) is 27.9. The van der Waals surface area contributed by atoms with E-state index < -0.39 is 0 Å². The minimum atomic E-state index is -0.353. The summed E-state index contributed by atoms with van der Waals surface area (Å²) in [5.41, 5.74) is 6.70. The SMILES string of the molecule is CC1CCC(C(N)c2cncc(F)c2)O1. The highest BCUT2D eigenvalue weighted by Gasteiger charge is 2.28. The summed E-state index contributed by atoms with van der Waals surface area (Å²) in [4.78, 5) is 3.79. The molecule has 82 valence electrons. The fraction of sp³-hybridized carbons (Fsp3) is 0.545. The highest BCUT2D eigenvalue weighted by molar-refractivity contribution is 5.16. The van der Waals surface area contributed by atoms with Gasteiger partial charge in [0.25, 0.3) is 0 Å². The predicted octanol–water partition coefficient (Wildman–Crippen LogP) is 1.79. The lowest BCUT2D eigenvalue weighted by atomic mass is 10.0. The van der Waals surface area contributed by atoms with E-state index in [1.54, 1.807) is 6.20 Å². The molecule has 0 bridgehead atoms. The monoisotopic (exact) mass is 210 g/mol. The Bertz CT molecular complexity index is 345. The molecule has 0 amide bonds. The Morgan fingerprint density at radius 1 is 1.53 bits per heavy atom. The summed E-state index contributed by atoms with van der Waals surface area (Å²) < 4.78 is 18.6. The maximum atomic E-state index is 12.9. The molecule has 1 fully saturated rings. The van der Waals surface area contributed by atoms with Gasteiger partial charge in [0.2, 0.25) is 0 Å². The minimum absolute atomic E-state index is 0.0106. The molecule has 1 aliphatic rings. The van der Waals surface area contributed by atoms with Gasteiger partial charge in [-0.2, -0.15) is 0 Å². The van der Waals surface area contributed by atoms with Gasteiger partial charge >= 0.3 is 0 Å². The number of aromatic nitrogens is 1. The number of halogens is 1. The second-order valence-electron chi connectivity index (χ2n) is 4.02. The summed E-state index contributed by atoms with van der Waals surface area (Å²) in [6, 6.07) is 1.14. The number of nitrogens with two attached hydrogens (primary N) is 1. The van der Waals surface area contributed by atoms with E-state index in [0.717, 1.165) is 12.8 Å². The third kappa shape index (κ3) is 2.33. The van der Waals surface area contributed by atoms with Crippen molar-refractivity contribution in [1.29, 1.82) is 0 Å². The van der Waals surface area contributed by atoms with E-state index >= 15 is 0 Å². The lowest BCUT2D eigenvalue weighted by molar-refractivity contribution is 0.0400. The maximum Gasteiger partial charge on any atom is 0.141 e. The molecule has 0 saturated carbocycles. The molecule has 2 heterocycles. The van der Waals surface area contributed by atoms with Crippen molar-refractivity contribution >= 4 is 0 Å². The van der Waals surface area contributed by atoms with Crippen LogP contribution in [0.1, 0.15) is 31.4 Å². The average Bonchev–Trinajstić information content (AvgIpc) is 2.64. The summed E-state index contributed by atoms with van der Waals surface area (Å²) in [6.07, 6.45) is 4.96. The van der Waals surface area contributed by atoms with Gasteiger partial charge in [0.15, 0.2) is 0 Å². The molecule has 1 aliphatic heterocycles. The van der Waals surface area contributed by atoms with Crippen molar-refractivity contribution in [3.8, 4) is 0 Å². The first-order chi connectivity index (χ1) is 7.16. The Morgan fingerprint density at radius 3 is 2.93 bits per heavy atom.